The van der Waals surface area contributed by atoms with E-state index in [1.807, 2.05) is 37.3 Å². The van der Waals surface area contributed by atoms with Crippen LogP contribution in [0.3, 0.4) is 0 Å². The number of aliphatic hydroxyl groups excluding tert-OH is 1. The second-order valence-corrected chi connectivity index (χ2v) is 3.55. The molecule has 1 heterocycles. The minimum absolute atomic E-state index is 0.514. The zero-order chi connectivity index (χ0) is 10.1. The first-order chi connectivity index (χ1) is 6.68. The van der Waals surface area contributed by atoms with E-state index in [0.29, 0.717) is 0 Å². The van der Waals surface area contributed by atoms with Crippen LogP contribution in [0.25, 0.3) is 10.8 Å². The van der Waals surface area contributed by atoms with E-state index in [1.54, 1.807) is 6.92 Å². The number of hydrogen-bond acceptors (Lipinski definition) is 2. The topological polar surface area (TPSA) is 33.1 Å². The quantitative estimate of drug-likeness (QED) is 0.744. The van der Waals surface area contributed by atoms with Gasteiger partial charge in [-0.1, -0.05) is 24.3 Å². The van der Waals surface area contributed by atoms with Gasteiger partial charge in [0, 0.05) is 11.1 Å². The number of benzene rings is 1. The van der Waals surface area contributed by atoms with E-state index in [2.05, 4.69) is 4.98 Å². The Morgan fingerprint density at radius 1 is 1.29 bits per heavy atom. The maximum absolute atomic E-state index is 9.58. The molecule has 0 bridgehead atoms. The van der Waals surface area contributed by atoms with E-state index in [1.165, 1.54) is 0 Å². The number of fused-ring (bicyclic) bond motifs is 1. The van der Waals surface area contributed by atoms with Crippen LogP contribution in [0.4, 0.5) is 0 Å². The van der Waals surface area contributed by atoms with Crippen molar-refractivity contribution >= 4 is 10.8 Å². The standard InChI is InChI=1S/C12H13NO/c1-8-7-10-5-3-4-6-11(10)12(13-8)9(2)14/h3-7,9,14H,1-2H3. The van der Waals surface area contributed by atoms with Crippen LogP contribution in [-0.2, 0) is 0 Å². The lowest BCUT2D eigenvalue weighted by Gasteiger charge is -2.09. The SMILES string of the molecule is Cc1cc2ccccc2c(C(C)O)n1. The van der Waals surface area contributed by atoms with Crippen LogP contribution in [0, 0.1) is 6.92 Å². The van der Waals surface area contributed by atoms with Gasteiger partial charge in [0.15, 0.2) is 0 Å². The maximum Gasteiger partial charge on any atom is 0.0938 e. The van der Waals surface area contributed by atoms with Crippen molar-refractivity contribution in [1.29, 1.82) is 0 Å². The summed E-state index contributed by atoms with van der Waals surface area (Å²) in [7, 11) is 0. The molecule has 0 amide bonds. The Bertz CT molecular complexity index is 463. The van der Waals surface area contributed by atoms with Crippen molar-refractivity contribution in [3.63, 3.8) is 0 Å². The highest BCUT2D eigenvalue weighted by Crippen LogP contribution is 2.22. The minimum Gasteiger partial charge on any atom is -0.387 e. The number of pyridine rings is 1. The molecule has 0 saturated heterocycles. The second kappa shape index (κ2) is 3.39. The first kappa shape index (κ1) is 9.16. The highest BCUT2D eigenvalue weighted by Gasteiger charge is 2.08. The van der Waals surface area contributed by atoms with Gasteiger partial charge in [-0.15, -0.1) is 0 Å². The Balaban J connectivity index is 2.80. The lowest BCUT2D eigenvalue weighted by molar-refractivity contribution is 0.196. The lowest BCUT2D eigenvalue weighted by Crippen LogP contribution is -1.98. The van der Waals surface area contributed by atoms with E-state index in [-0.39, 0.29) is 0 Å². The van der Waals surface area contributed by atoms with Gasteiger partial charge < -0.3 is 5.11 Å². The Hall–Kier alpha value is -1.41. The van der Waals surface area contributed by atoms with Crippen molar-refractivity contribution < 1.29 is 5.11 Å². The molecule has 14 heavy (non-hydrogen) atoms. The Kier molecular flexibility index (Phi) is 2.22. The van der Waals surface area contributed by atoms with Crippen LogP contribution < -0.4 is 0 Å². The molecule has 1 unspecified atom stereocenters. The van der Waals surface area contributed by atoms with Crippen LogP contribution in [0.5, 0.6) is 0 Å². The summed E-state index contributed by atoms with van der Waals surface area (Å²) in [6.45, 7) is 3.69. The molecule has 1 N–H and O–H groups in total. The zero-order valence-electron chi connectivity index (χ0n) is 8.36. The number of rotatable bonds is 1. The normalized spacial score (nSPS) is 13.1. The number of aryl methyl sites for hydroxylation is 1. The summed E-state index contributed by atoms with van der Waals surface area (Å²) in [6, 6.07) is 10.0. The predicted octanol–water partition coefficient (Wildman–Crippen LogP) is 2.60. The fourth-order valence-corrected chi connectivity index (χ4v) is 1.68. The van der Waals surface area contributed by atoms with Gasteiger partial charge in [-0.05, 0) is 25.3 Å². The van der Waals surface area contributed by atoms with Crippen molar-refractivity contribution in [3.8, 4) is 0 Å². The molecule has 1 aromatic heterocycles. The number of aliphatic hydroxyl groups is 1. The van der Waals surface area contributed by atoms with Crippen LogP contribution in [0.1, 0.15) is 24.4 Å². The summed E-state index contributed by atoms with van der Waals surface area (Å²) in [5, 5.41) is 11.8. The monoisotopic (exact) mass is 187 g/mol. The van der Waals surface area contributed by atoms with Gasteiger partial charge in [-0.25, -0.2) is 0 Å². The largest absolute Gasteiger partial charge is 0.387 e. The molecule has 2 aromatic rings. The zero-order valence-corrected chi connectivity index (χ0v) is 8.36. The van der Waals surface area contributed by atoms with E-state index >= 15 is 0 Å². The molecular formula is C12H13NO. The fourth-order valence-electron chi connectivity index (χ4n) is 1.68. The highest BCUT2D eigenvalue weighted by molar-refractivity contribution is 5.85. The fraction of sp³-hybridized carbons (Fsp3) is 0.250. The summed E-state index contributed by atoms with van der Waals surface area (Å²) in [5.74, 6) is 0. The molecule has 0 fully saturated rings. The second-order valence-electron chi connectivity index (χ2n) is 3.55. The molecule has 0 aliphatic rings. The lowest BCUT2D eigenvalue weighted by atomic mass is 10.1. The molecular weight excluding hydrogens is 174 g/mol. The third-order valence-electron chi connectivity index (χ3n) is 2.29. The van der Waals surface area contributed by atoms with E-state index < -0.39 is 6.10 Å². The summed E-state index contributed by atoms with van der Waals surface area (Å²) in [6.07, 6.45) is -0.514. The van der Waals surface area contributed by atoms with Crippen LogP contribution >= 0.6 is 0 Å². The summed E-state index contributed by atoms with van der Waals surface area (Å²) in [4.78, 5) is 4.35. The highest BCUT2D eigenvalue weighted by atomic mass is 16.3. The third kappa shape index (κ3) is 1.49. The van der Waals surface area contributed by atoms with Gasteiger partial charge >= 0.3 is 0 Å². The van der Waals surface area contributed by atoms with Crippen LogP contribution in [-0.4, -0.2) is 10.1 Å². The van der Waals surface area contributed by atoms with Crippen molar-refractivity contribution in [2.75, 3.05) is 0 Å². The molecule has 2 heteroatoms. The average Bonchev–Trinajstić information content (AvgIpc) is 2.16. The molecule has 1 aromatic carbocycles. The third-order valence-corrected chi connectivity index (χ3v) is 2.29. The van der Waals surface area contributed by atoms with Crippen molar-refractivity contribution in [2.24, 2.45) is 0 Å². The Labute approximate surface area is 83.2 Å². The van der Waals surface area contributed by atoms with Gasteiger partial charge in [0.2, 0.25) is 0 Å². The number of nitrogens with zero attached hydrogens (tertiary/aromatic N) is 1. The molecule has 0 aliphatic heterocycles. The Morgan fingerprint density at radius 2 is 2.00 bits per heavy atom. The van der Waals surface area contributed by atoms with Crippen molar-refractivity contribution in [2.45, 2.75) is 20.0 Å². The van der Waals surface area contributed by atoms with Gasteiger partial charge in [-0.2, -0.15) is 0 Å². The molecule has 72 valence electrons. The predicted molar refractivity (Wildman–Crippen MR) is 57.1 cm³/mol. The molecule has 0 radical (unpaired) electrons. The smallest absolute Gasteiger partial charge is 0.0938 e. The van der Waals surface area contributed by atoms with Gasteiger partial charge in [0.05, 0.1) is 11.8 Å². The first-order valence-corrected chi connectivity index (χ1v) is 4.73. The molecule has 0 saturated carbocycles. The van der Waals surface area contributed by atoms with Crippen LogP contribution in [0.2, 0.25) is 0 Å². The van der Waals surface area contributed by atoms with Crippen LogP contribution in [0.15, 0.2) is 30.3 Å². The molecule has 0 spiro atoms. The van der Waals surface area contributed by atoms with Crippen molar-refractivity contribution in [1.82, 2.24) is 4.98 Å². The molecule has 2 rings (SSSR count). The van der Waals surface area contributed by atoms with Crippen molar-refractivity contribution in [3.05, 3.63) is 41.7 Å². The number of hydrogen-bond donors (Lipinski definition) is 1. The van der Waals surface area contributed by atoms with E-state index in [9.17, 15) is 5.11 Å². The summed E-state index contributed by atoms with van der Waals surface area (Å²) in [5.41, 5.74) is 1.71. The molecule has 2 nitrogen and oxygen atoms in total. The minimum atomic E-state index is -0.514. The maximum atomic E-state index is 9.58. The average molecular weight is 187 g/mol. The van der Waals surface area contributed by atoms with Gasteiger partial charge in [0.25, 0.3) is 0 Å². The number of aromatic nitrogens is 1. The summed E-state index contributed by atoms with van der Waals surface area (Å²) < 4.78 is 0. The molecule has 1 atom stereocenters. The van der Waals surface area contributed by atoms with E-state index in [4.69, 9.17) is 0 Å². The Morgan fingerprint density at radius 3 is 2.71 bits per heavy atom. The first-order valence-electron chi connectivity index (χ1n) is 4.73. The van der Waals surface area contributed by atoms with Gasteiger partial charge in [0.1, 0.15) is 0 Å². The van der Waals surface area contributed by atoms with Gasteiger partial charge in [-0.3, -0.25) is 4.98 Å². The molecule has 0 aliphatic carbocycles. The summed E-state index contributed by atoms with van der Waals surface area (Å²) >= 11 is 0. The van der Waals surface area contributed by atoms with E-state index in [0.717, 1.165) is 22.2 Å².